The van der Waals surface area contributed by atoms with Crippen LogP contribution in [0, 0.1) is 6.92 Å². The fourth-order valence-corrected chi connectivity index (χ4v) is 2.20. The highest BCUT2D eigenvalue weighted by molar-refractivity contribution is 5.25. The quantitative estimate of drug-likeness (QED) is 0.715. The summed E-state index contributed by atoms with van der Waals surface area (Å²) in [6.45, 7) is 3.35. The third kappa shape index (κ3) is 2.36. The number of aryl methyl sites for hydroxylation is 1. The first-order valence-corrected chi connectivity index (χ1v) is 5.66. The van der Waals surface area contributed by atoms with Crippen molar-refractivity contribution in [3.8, 4) is 0 Å². The first-order valence-electron chi connectivity index (χ1n) is 5.66. The summed E-state index contributed by atoms with van der Waals surface area (Å²) in [6, 6.07) is 9.48. The normalized spacial score (nSPS) is 23.1. The summed E-state index contributed by atoms with van der Waals surface area (Å²) in [5.41, 5.74) is 2.83. The molecule has 2 rings (SSSR count). The van der Waals surface area contributed by atoms with Crippen molar-refractivity contribution in [3.63, 3.8) is 0 Å². The van der Waals surface area contributed by atoms with E-state index in [9.17, 15) is 0 Å². The predicted octanol–water partition coefficient (Wildman–Crippen LogP) is 3.20. The van der Waals surface area contributed by atoms with Crippen LogP contribution >= 0.6 is 0 Å². The first kappa shape index (κ1) is 9.72. The van der Waals surface area contributed by atoms with Crippen LogP contribution in [0.4, 0.5) is 0 Å². The fraction of sp³-hybridized carbons (Fsp3) is 0.538. The van der Waals surface area contributed by atoms with E-state index in [1.807, 2.05) is 0 Å². The van der Waals surface area contributed by atoms with E-state index in [4.69, 9.17) is 0 Å². The van der Waals surface area contributed by atoms with E-state index in [0.29, 0.717) is 6.04 Å². The Morgan fingerprint density at radius 3 is 3.00 bits per heavy atom. The summed E-state index contributed by atoms with van der Waals surface area (Å²) in [4.78, 5) is 0. The molecule has 1 atom stereocenters. The van der Waals surface area contributed by atoms with Gasteiger partial charge in [-0.3, -0.25) is 0 Å². The van der Waals surface area contributed by atoms with E-state index in [-0.39, 0.29) is 0 Å². The highest BCUT2D eigenvalue weighted by Crippen LogP contribution is 2.22. The minimum Gasteiger partial charge on any atom is -0.310 e. The van der Waals surface area contributed by atoms with Gasteiger partial charge in [-0.2, -0.15) is 0 Å². The maximum absolute atomic E-state index is 3.63. The molecule has 1 heteroatoms. The molecule has 1 heterocycles. The van der Waals surface area contributed by atoms with E-state index >= 15 is 0 Å². The first-order chi connectivity index (χ1) is 6.86. The Kier molecular flexibility index (Phi) is 3.20. The lowest BCUT2D eigenvalue weighted by atomic mass is 10.0. The molecule has 1 aromatic rings. The van der Waals surface area contributed by atoms with Gasteiger partial charge in [0.1, 0.15) is 0 Å². The second kappa shape index (κ2) is 4.61. The Labute approximate surface area is 86.5 Å². The van der Waals surface area contributed by atoms with Crippen molar-refractivity contribution in [1.29, 1.82) is 0 Å². The minimum atomic E-state index is 0.595. The molecular formula is C13H19N. The van der Waals surface area contributed by atoms with Gasteiger partial charge in [0.25, 0.3) is 0 Å². The van der Waals surface area contributed by atoms with Gasteiger partial charge in [-0.15, -0.1) is 0 Å². The van der Waals surface area contributed by atoms with Crippen molar-refractivity contribution in [2.75, 3.05) is 6.54 Å². The third-order valence-electron chi connectivity index (χ3n) is 3.00. The van der Waals surface area contributed by atoms with E-state index in [1.165, 1.54) is 43.4 Å². The predicted molar refractivity (Wildman–Crippen MR) is 60.4 cm³/mol. The van der Waals surface area contributed by atoms with Crippen LogP contribution in [0.2, 0.25) is 0 Å². The molecule has 76 valence electrons. The summed E-state index contributed by atoms with van der Waals surface area (Å²) in [5, 5.41) is 3.63. The van der Waals surface area contributed by atoms with Gasteiger partial charge >= 0.3 is 0 Å². The Morgan fingerprint density at radius 1 is 1.21 bits per heavy atom. The SMILES string of the molecule is Cc1cccc([C@@H]2CCCCCN2)c1. The molecule has 0 spiro atoms. The van der Waals surface area contributed by atoms with Gasteiger partial charge in [0, 0.05) is 6.04 Å². The van der Waals surface area contributed by atoms with Crippen LogP contribution in [-0.2, 0) is 0 Å². The maximum atomic E-state index is 3.63. The monoisotopic (exact) mass is 189 g/mol. The van der Waals surface area contributed by atoms with E-state index in [2.05, 4.69) is 36.5 Å². The van der Waals surface area contributed by atoms with Crippen LogP contribution in [0.15, 0.2) is 24.3 Å². The topological polar surface area (TPSA) is 12.0 Å². The summed E-state index contributed by atoms with van der Waals surface area (Å²) >= 11 is 0. The van der Waals surface area contributed by atoms with Crippen molar-refractivity contribution in [2.24, 2.45) is 0 Å². The molecule has 1 aliphatic heterocycles. The summed E-state index contributed by atoms with van der Waals surface area (Å²) in [5.74, 6) is 0. The fourth-order valence-electron chi connectivity index (χ4n) is 2.20. The largest absolute Gasteiger partial charge is 0.310 e. The van der Waals surface area contributed by atoms with Crippen molar-refractivity contribution in [1.82, 2.24) is 5.32 Å². The standard InChI is InChI=1S/C13H19N/c1-11-6-5-7-12(10-11)13-8-3-2-4-9-14-13/h5-7,10,13-14H,2-4,8-9H2,1H3/t13-/m0/s1. The lowest BCUT2D eigenvalue weighted by Gasteiger charge is -2.16. The van der Waals surface area contributed by atoms with Crippen molar-refractivity contribution < 1.29 is 0 Å². The zero-order valence-corrected chi connectivity index (χ0v) is 8.92. The van der Waals surface area contributed by atoms with Crippen LogP contribution in [0.25, 0.3) is 0 Å². The molecule has 1 N–H and O–H groups in total. The summed E-state index contributed by atoms with van der Waals surface area (Å²) in [6.07, 6.45) is 5.38. The summed E-state index contributed by atoms with van der Waals surface area (Å²) in [7, 11) is 0. The summed E-state index contributed by atoms with van der Waals surface area (Å²) < 4.78 is 0. The van der Waals surface area contributed by atoms with Crippen LogP contribution in [-0.4, -0.2) is 6.54 Å². The molecule has 0 aromatic heterocycles. The van der Waals surface area contributed by atoms with Gasteiger partial charge < -0.3 is 5.32 Å². The lowest BCUT2D eigenvalue weighted by molar-refractivity contribution is 0.534. The van der Waals surface area contributed by atoms with Crippen LogP contribution in [0.5, 0.6) is 0 Å². The van der Waals surface area contributed by atoms with E-state index < -0.39 is 0 Å². The number of hydrogen-bond acceptors (Lipinski definition) is 1. The van der Waals surface area contributed by atoms with Crippen LogP contribution in [0.1, 0.15) is 42.9 Å². The maximum Gasteiger partial charge on any atom is 0.0320 e. The zero-order chi connectivity index (χ0) is 9.80. The highest BCUT2D eigenvalue weighted by atomic mass is 14.9. The second-order valence-corrected chi connectivity index (χ2v) is 4.27. The van der Waals surface area contributed by atoms with Gasteiger partial charge in [-0.05, 0) is 31.9 Å². The molecule has 1 aliphatic rings. The highest BCUT2D eigenvalue weighted by Gasteiger charge is 2.12. The van der Waals surface area contributed by atoms with Crippen LogP contribution in [0.3, 0.4) is 0 Å². The van der Waals surface area contributed by atoms with Gasteiger partial charge in [0.2, 0.25) is 0 Å². The van der Waals surface area contributed by atoms with Crippen LogP contribution < -0.4 is 5.32 Å². The smallest absolute Gasteiger partial charge is 0.0320 e. The number of benzene rings is 1. The van der Waals surface area contributed by atoms with Gasteiger partial charge in [-0.1, -0.05) is 42.7 Å². The molecule has 1 fully saturated rings. The molecule has 1 saturated heterocycles. The Hall–Kier alpha value is -0.820. The molecular weight excluding hydrogens is 170 g/mol. The Balaban J connectivity index is 2.12. The molecule has 14 heavy (non-hydrogen) atoms. The van der Waals surface area contributed by atoms with Crippen molar-refractivity contribution in [3.05, 3.63) is 35.4 Å². The molecule has 1 nitrogen and oxygen atoms in total. The molecule has 0 radical (unpaired) electrons. The van der Waals surface area contributed by atoms with E-state index in [0.717, 1.165) is 0 Å². The molecule has 0 aliphatic carbocycles. The third-order valence-corrected chi connectivity index (χ3v) is 3.00. The average molecular weight is 189 g/mol. The molecule has 0 amide bonds. The lowest BCUT2D eigenvalue weighted by Crippen LogP contribution is -2.20. The van der Waals surface area contributed by atoms with E-state index in [1.54, 1.807) is 0 Å². The van der Waals surface area contributed by atoms with Gasteiger partial charge in [-0.25, -0.2) is 0 Å². The Bertz CT molecular complexity index is 285. The molecule has 0 saturated carbocycles. The molecule has 0 bridgehead atoms. The number of hydrogen-bond donors (Lipinski definition) is 1. The average Bonchev–Trinajstić information content (AvgIpc) is 2.45. The second-order valence-electron chi connectivity index (χ2n) is 4.27. The molecule has 0 unspecified atom stereocenters. The minimum absolute atomic E-state index is 0.595. The molecule has 1 aromatic carbocycles. The number of nitrogens with one attached hydrogen (secondary N) is 1. The zero-order valence-electron chi connectivity index (χ0n) is 8.92. The van der Waals surface area contributed by atoms with Crippen molar-refractivity contribution >= 4 is 0 Å². The van der Waals surface area contributed by atoms with Gasteiger partial charge in [0.15, 0.2) is 0 Å². The van der Waals surface area contributed by atoms with Gasteiger partial charge in [0.05, 0.1) is 0 Å². The van der Waals surface area contributed by atoms with Crippen molar-refractivity contribution in [2.45, 2.75) is 38.6 Å². The Morgan fingerprint density at radius 2 is 2.14 bits per heavy atom. The number of rotatable bonds is 1.